The average molecular weight is 519 g/mol. The van der Waals surface area contributed by atoms with Crippen LogP contribution in [-0.4, -0.2) is 26.0 Å². The lowest BCUT2D eigenvalue weighted by molar-refractivity contribution is -0.112. The van der Waals surface area contributed by atoms with Gasteiger partial charge in [0.05, 0.1) is 14.2 Å². The smallest absolute Gasteiger partial charge is 0.248 e. The molecule has 0 saturated heterocycles. The fraction of sp³-hybridized carbons (Fsp3) is 0.0909. The summed E-state index contributed by atoms with van der Waals surface area (Å²) in [7, 11) is 3.20. The Kier molecular flexibility index (Phi) is 9.29. The van der Waals surface area contributed by atoms with Crippen molar-refractivity contribution in [2.45, 2.75) is 6.42 Å². The number of rotatable bonds is 10. The summed E-state index contributed by atoms with van der Waals surface area (Å²) >= 11 is 0. The summed E-state index contributed by atoms with van der Waals surface area (Å²) in [5.74, 6) is 0.984. The summed E-state index contributed by atoms with van der Waals surface area (Å²) in [4.78, 5) is 24.7. The zero-order valence-electron chi connectivity index (χ0n) is 21.9. The number of carbonyl (C=O) groups excluding carboxylic acids is 2. The first-order valence-corrected chi connectivity index (χ1v) is 12.5. The molecular formula is C33H30N2O4. The van der Waals surface area contributed by atoms with Crippen LogP contribution < -0.4 is 20.1 Å². The third-order valence-corrected chi connectivity index (χ3v) is 5.96. The molecule has 4 aromatic rings. The Bertz CT molecular complexity index is 1360. The standard InChI is InChI=1S/C33H30N2O4/c1-38-30-9-5-3-7-26(30)15-21-32(36)34-28-17-11-24(12-18-28)23-25-13-19-29(20-14-25)35-33(37)22-16-27-8-4-6-10-31(27)39-2/h3-22H,23H2,1-2H3,(H,34,36)(H,35,37). The van der Waals surface area contributed by atoms with Crippen molar-refractivity contribution in [3.05, 3.63) is 131 Å². The lowest BCUT2D eigenvalue weighted by atomic mass is 10.0. The summed E-state index contributed by atoms with van der Waals surface area (Å²) in [6.07, 6.45) is 7.15. The molecule has 0 aliphatic carbocycles. The zero-order chi connectivity index (χ0) is 27.5. The zero-order valence-corrected chi connectivity index (χ0v) is 21.9. The third-order valence-electron chi connectivity index (χ3n) is 5.96. The van der Waals surface area contributed by atoms with E-state index in [1.165, 1.54) is 12.2 Å². The van der Waals surface area contributed by atoms with Gasteiger partial charge in [0, 0.05) is 34.7 Å². The molecule has 0 fully saturated rings. The molecule has 4 aromatic carbocycles. The number of para-hydroxylation sites is 2. The van der Waals surface area contributed by atoms with Crippen LogP contribution in [0.15, 0.2) is 109 Å². The van der Waals surface area contributed by atoms with E-state index < -0.39 is 0 Å². The van der Waals surface area contributed by atoms with Crippen LogP contribution in [0, 0.1) is 0 Å². The number of ether oxygens (including phenoxy) is 2. The van der Waals surface area contributed by atoms with Gasteiger partial charge in [-0.2, -0.15) is 0 Å². The quantitative estimate of drug-likeness (QED) is 0.232. The number of anilines is 2. The minimum absolute atomic E-state index is 0.218. The molecule has 0 aliphatic rings. The second kappa shape index (κ2) is 13.4. The van der Waals surface area contributed by atoms with Gasteiger partial charge in [-0.25, -0.2) is 0 Å². The van der Waals surface area contributed by atoms with Crippen molar-refractivity contribution in [3.63, 3.8) is 0 Å². The van der Waals surface area contributed by atoms with Crippen LogP contribution in [-0.2, 0) is 16.0 Å². The Morgan fingerprint density at radius 2 is 0.974 bits per heavy atom. The van der Waals surface area contributed by atoms with E-state index in [0.29, 0.717) is 22.9 Å². The molecule has 0 aliphatic heterocycles. The molecule has 2 amide bonds. The van der Waals surface area contributed by atoms with Crippen LogP contribution in [0.5, 0.6) is 11.5 Å². The molecule has 39 heavy (non-hydrogen) atoms. The van der Waals surface area contributed by atoms with E-state index in [1.807, 2.05) is 97.1 Å². The van der Waals surface area contributed by atoms with E-state index in [0.717, 1.165) is 28.7 Å². The first kappa shape index (κ1) is 26.9. The number of benzene rings is 4. The highest BCUT2D eigenvalue weighted by atomic mass is 16.5. The molecule has 2 N–H and O–H groups in total. The molecule has 0 atom stereocenters. The molecule has 0 bridgehead atoms. The van der Waals surface area contributed by atoms with Crippen molar-refractivity contribution in [1.29, 1.82) is 0 Å². The van der Waals surface area contributed by atoms with Crippen LogP contribution in [0.1, 0.15) is 22.3 Å². The molecule has 6 nitrogen and oxygen atoms in total. The molecule has 0 aromatic heterocycles. The van der Waals surface area contributed by atoms with E-state index in [2.05, 4.69) is 10.6 Å². The van der Waals surface area contributed by atoms with Crippen LogP contribution in [0.2, 0.25) is 0 Å². The lowest BCUT2D eigenvalue weighted by Gasteiger charge is -2.07. The Balaban J connectivity index is 1.28. The molecule has 0 saturated carbocycles. The fourth-order valence-corrected chi connectivity index (χ4v) is 3.95. The van der Waals surface area contributed by atoms with E-state index in [1.54, 1.807) is 26.4 Å². The van der Waals surface area contributed by atoms with Crippen molar-refractivity contribution >= 4 is 35.3 Å². The van der Waals surface area contributed by atoms with Gasteiger partial charge in [0.2, 0.25) is 11.8 Å². The highest BCUT2D eigenvalue weighted by Gasteiger charge is 2.04. The van der Waals surface area contributed by atoms with Crippen LogP contribution in [0.3, 0.4) is 0 Å². The summed E-state index contributed by atoms with van der Waals surface area (Å²) < 4.78 is 10.6. The Morgan fingerprint density at radius 3 is 1.36 bits per heavy atom. The predicted molar refractivity (Wildman–Crippen MR) is 157 cm³/mol. The molecule has 6 heteroatoms. The first-order valence-electron chi connectivity index (χ1n) is 12.5. The van der Waals surface area contributed by atoms with E-state index in [-0.39, 0.29) is 11.8 Å². The van der Waals surface area contributed by atoms with Gasteiger partial charge in [-0.05, 0) is 66.1 Å². The predicted octanol–water partition coefficient (Wildman–Crippen LogP) is 6.60. The third kappa shape index (κ3) is 7.94. The summed E-state index contributed by atoms with van der Waals surface area (Å²) in [6, 6.07) is 30.5. The second-order valence-electron chi connectivity index (χ2n) is 8.70. The number of amides is 2. The SMILES string of the molecule is COc1ccccc1C=CC(=O)Nc1ccc(Cc2ccc(NC(=O)C=Cc3ccccc3OC)cc2)cc1. The van der Waals surface area contributed by atoms with Crippen molar-refractivity contribution < 1.29 is 19.1 Å². The number of nitrogens with one attached hydrogen (secondary N) is 2. The maximum absolute atomic E-state index is 12.3. The maximum Gasteiger partial charge on any atom is 0.248 e. The molecule has 0 heterocycles. The molecule has 0 unspecified atom stereocenters. The van der Waals surface area contributed by atoms with Crippen LogP contribution in [0.25, 0.3) is 12.2 Å². The van der Waals surface area contributed by atoms with E-state index >= 15 is 0 Å². The van der Waals surface area contributed by atoms with Gasteiger partial charge in [-0.1, -0.05) is 60.7 Å². The average Bonchev–Trinajstić information content (AvgIpc) is 2.97. The van der Waals surface area contributed by atoms with Gasteiger partial charge in [-0.3, -0.25) is 9.59 Å². The summed E-state index contributed by atoms with van der Waals surface area (Å²) in [6.45, 7) is 0. The number of carbonyl (C=O) groups is 2. The van der Waals surface area contributed by atoms with Crippen molar-refractivity contribution in [1.82, 2.24) is 0 Å². The highest BCUT2D eigenvalue weighted by molar-refractivity contribution is 6.02. The van der Waals surface area contributed by atoms with Crippen LogP contribution in [0.4, 0.5) is 11.4 Å². The minimum Gasteiger partial charge on any atom is -0.496 e. The second-order valence-corrected chi connectivity index (χ2v) is 8.70. The van der Waals surface area contributed by atoms with Gasteiger partial charge in [0.1, 0.15) is 11.5 Å². The van der Waals surface area contributed by atoms with Crippen LogP contribution >= 0.6 is 0 Å². The summed E-state index contributed by atoms with van der Waals surface area (Å²) in [5.41, 5.74) is 5.31. The topological polar surface area (TPSA) is 76.7 Å². The first-order chi connectivity index (χ1) is 19.0. The maximum atomic E-state index is 12.3. The summed E-state index contributed by atoms with van der Waals surface area (Å²) in [5, 5.41) is 5.75. The number of hydrogen-bond donors (Lipinski definition) is 2. The number of methoxy groups -OCH3 is 2. The van der Waals surface area contributed by atoms with E-state index in [4.69, 9.17) is 9.47 Å². The number of hydrogen-bond acceptors (Lipinski definition) is 4. The van der Waals surface area contributed by atoms with Gasteiger partial charge in [0.15, 0.2) is 0 Å². The van der Waals surface area contributed by atoms with Crippen molar-refractivity contribution in [2.75, 3.05) is 24.9 Å². The molecule has 196 valence electrons. The Hall–Kier alpha value is -5.10. The van der Waals surface area contributed by atoms with Crippen molar-refractivity contribution in [3.8, 4) is 11.5 Å². The Labute approximate surface area is 228 Å². The van der Waals surface area contributed by atoms with Gasteiger partial charge in [-0.15, -0.1) is 0 Å². The lowest BCUT2D eigenvalue weighted by Crippen LogP contribution is -2.08. The van der Waals surface area contributed by atoms with Gasteiger partial charge < -0.3 is 20.1 Å². The fourth-order valence-electron chi connectivity index (χ4n) is 3.95. The highest BCUT2D eigenvalue weighted by Crippen LogP contribution is 2.20. The van der Waals surface area contributed by atoms with Gasteiger partial charge >= 0.3 is 0 Å². The van der Waals surface area contributed by atoms with E-state index in [9.17, 15) is 9.59 Å². The van der Waals surface area contributed by atoms with Gasteiger partial charge in [0.25, 0.3) is 0 Å². The largest absolute Gasteiger partial charge is 0.496 e. The molecule has 4 rings (SSSR count). The molecule has 0 spiro atoms. The minimum atomic E-state index is -0.218. The Morgan fingerprint density at radius 1 is 0.590 bits per heavy atom. The molecular weight excluding hydrogens is 488 g/mol. The normalized spacial score (nSPS) is 10.9. The molecule has 0 radical (unpaired) electrons. The monoisotopic (exact) mass is 518 g/mol. The van der Waals surface area contributed by atoms with Crippen molar-refractivity contribution in [2.24, 2.45) is 0 Å².